The van der Waals surface area contributed by atoms with E-state index in [4.69, 9.17) is 4.74 Å². The van der Waals surface area contributed by atoms with Crippen molar-refractivity contribution < 1.29 is 17.9 Å². The van der Waals surface area contributed by atoms with Crippen LogP contribution in [-0.4, -0.2) is 6.61 Å². The maximum atomic E-state index is 14.5. The van der Waals surface area contributed by atoms with Crippen molar-refractivity contribution in [1.29, 1.82) is 0 Å². The van der Waals surface area contributed by atoms with Gasteiger partial charge in [0, 0.05) is 0 Å². The van der Waals surface area contributed by atoms with Crippen LogP contribution in [0.4, 0.5) is 13.2 Å². The average Bonchev–Trinajstić information content (AvgIpc) is 2.73. The molecule has 3 rings (SSSR count). The van der Waals surface area contributed by atoms with Gasteiger partial charge < -0.3 is 4.74 Å². The molecule has 29 heavy (non-hydrogen) atoms. The molecule has 1 nitrogen and oxygen atoms in total. The highest BCUT2D eigenvalue weighted by atomic mass is 19.2. The van der Waals surface area contributed by atoms with Gasteiger partial charge in [-0.05, 0) is 79.7 Å². The van der Waals surface area contributed by atoms with Gasteiger partial charge in [-0.15, -0.1) is 0 Å². The number of aryl methyl sites for hydroxylation is 1. The molecule has 2 aromatic rings. The van der Waals surface area contributed by atoms with Gasteiger partial charge in [0.15, 0.2) is 11.6 Å². The van der Waals surface area contributed by atoms with Gasteiger partial charge in [0.1, 0.15) is 5.82 Å². The van der Waals surface area contributed by atoms with Crippen LogP contribution in [0.5, 0.6) is 5.75 Å². The minimum Gasteiger partial charge on any atom is -0.491 e. The molecule has 0 bridgehead atoms. The van der Waals surface area contributed by atoms with E-state index in [0.717, 1.165) is 49.7 Å². The van der Waals surface area contributed by atoms with Crippen molar-refractivity contribution in [1.82, 2.24) is 0 Å². The van der Waals surface area contributed by atoms with E-state index in [1.54, 1.807) is 19.1 Å². The normalized spacial score (nSPS) is 19.6. The highest BCUT2D eigenvalue weighted by Crippen LogP contribution is 2.39. The van der Waals surface area contributed by atoms with E-state index in [1.165, 1.54) is 6.07 Å². The zero-order valence-electron chi connectivity index (χ0n) is 17.2. The van der Waals surface area contributed by atoms with Crippen LogP contribution in [0.1, 0.15) is 68.6 Å². The van der Waals surface area contributed by atoms with Crippen molar-refractivity contribution in [2.75, 3.05) is 6.61 Å². The van der Waals surface area contributed by atoms with Crippen molar-refractivity contribution in [3.63, 3.8) is 0 Å². The summed E-state index contributed by atoms with van der Waals surface area (Å²) in [4.78, 5) is 0. The van der Waals surface area contributed by atoms with Crippen LogP contribution in [-0.2, 0) is 6.42 Å². The van der Waals surface area contributed by atoms with E-state index in [2.05, 4.69) is 6.08 Å². The molecule has 0 unspecified atom stereocenters. The predicted octanol–water partition coefficient (Wildman–Crippen LogP) is 7.44. The van der Waals surface area contributed by atoms with Gasteiger partial charge in [-0.2, -0.15) is 4.39 Å². The first-order valence-electron chi connectivity index (χ1n) is 10.6. The Morgan fingerprint density at radius 1 is 0.966 bits per heavy atom. The average molecular weight is 403 g/mol. The van der Waals surface area contributed by atoms with Crippen LogP contribution in [0.25, 0.3) is 6.08 Å². The predicted molar refractivity (Wildman–Crippen MR) is 112 cm³/mol. The lowest BCUT2D eigenvalue weighted by atomic mass is 9.78. The Morgan fingerprint density at radius 2 is 1.72 bits per heavy atom. The molecular formula is C25H29F3O. The van der Waals surface area contributed by atoms with Crippen molar-refractivity contribution in [3.8, 4) is 5.75 Å². The summed E-state index contributed by atoms with van der Waals surface area (Å²) in [6.45, 7) is 4.09. The molecule has 0 aromatic heterocycles. The molecule has 0 radical (unpaired) electrons. The fourth-order valence-electron chi connectivity index (χ4n) is 4.14. The fraction of sp³-hybridized carbons (Fsp3) is 0.440. The van der Waals surface area contributed by atoms with Crippen molar-refractivity contribution in [3.05, 3.63) is 70.5 Å². The zero-order chi connectivity index (χ0) is 20.8. The first kappa shape index (κ1) is 21.5. The molecule has 0 saturated heterocycles. The van der Waals surface area contributed by atoms with Crippen LogP contribution >= 0.6 is 0 Å². The number of halogens is 3. The minimum absolute atomic E-state index is 0.0237. The van der Waals surface area contributed by atoms with Crippen LogP contribution in [0.15, 0.2) is 36.4 Å². The van der Waals surface area contributed by atoms with E-state index >= 15 is 0 Å². The third kappa shape index (κ3) is 5.23. The Morgan fingerprint density at radius 3 is 2.38 bits per heavy atom. The maximum Gasteiger partial charge on any atom is 0.200 e. The molecule has 0 atom stereocenters. The number of benzene rings is 2. The van der Waals surface area contributed by atoms with Crippen LogP contribution in [0, 0.1) is 23.4 Å². The van der Waals surface area contributed by atoms with Gasteiger partial charge in [-0.25, -0.2) is 8.78 Å². The van der Waals surface area contributed by atoms with Gasteiger partial charge in [0.25, 0.3) is 0 Å². The molecular weight excluding hydrogens is 373 g/mol. The summed E-state index contributed by atoms with van der Waals surface area (Å²) in [5, 5.41) is 0. The molecule has 156 valence electrons. The topological polar surface area (TPSA) is 9.23 Å². The van der Waals surface area contributed by atoms with E-state index in [9.17, 15) is 13.2 Å². The molecule has 0 N–H and O–H groups in total. The molecule has 0 aliphatic heterocycles. The molecule has 2 aromatic carbocycles. The Hall–Kier alpha value is -2.23. The minimum atomic E-state index is -0.889. The monoisotopic (exact) mass is 402 g/mol. The van der Waals surface area contributed by atoms with Crippen LogP contribution < -0.4 is 4.74 Å². The molecule has 0 heterocycles. The van der Waals surface area contributed by atoms with Gasteiger partial charge in [-0.1, -0.05) is 43.7 Å². The van der Waals surface area contributed by atoms with E-state index < -0.39 is 11.6 Å². The van der Waals surface area contributed by atoms with Crippen LogP contribution in [0.3, 0.4) is 0 Å². The number of rotatable bonds is 7. The molecule has 1 fully saturated rings. The zero-order valence-corrected chi connectivity index (χ0v) is 17.2. The van der Waals surface area contributed by atoms with Gasteiger partial charge in [-0.3, -0.25) is 0 Å². The summed E-state index contributed by atoms with van der Waals surface area (Å²) in [5.41, 5.74) is 2.07. The summed E-state index contributed by atoms with van der Waals surface area (Å²) >= 11 is 0. The third-order valence-electron chi connectivity index (χ3n) is 5.75. The summed E-state index contributed by atoms with van der Waals surface area (Å²) in [5.74, 6) is -1.44. The lowest BCUT2D eigenvalue weighted by molar-refractivity contribution is 0.310. The lowest BCUT2D eigenvalue weighted by Gasteiger charge is -2.27. The van der Waals surface area contributed by atoms with Gasteiger partial charge in [0.2, 0.25) is 5.82 Å². The quantitative estimate of drug-likeness (QED) is 0.467. The van der Waals surface area contributed by atoms with Gasteiger partial charge in [0.05, 0.1) is 6.61 Å². The highest BCUT2D eigenvalue weighted by Gasteiger charge is 2.25. The maximum absolute atomic E-state index is 14.5. The smallest absolute Gasteiger partial charge is 0.200 e. The number of ether oxygens (including phenoxy) is 1. The Balaban J connectivity index is 1.60. The second kappa shape index (κ2) is 10.00. The summed E-state index contributed by atoms with van der Waals surface area (Å²) in [6, 6.07) is 8.59. The standard InChI is InChI=1S/C25H29F3O/c1-3-5-20-13-10-18(16-22(20)26)7-6-17-8-11-19(12-9-17)21-14-15-23(29-4-2)25(28)24(21)27/h6-7,10,13-17,19H,3-5,8-9,11-12H2,1-2H3/b7-6+. The second-order valence-electron chi connectivity index (χ2n) is 7.79. The first-order valence-corrected chi connectivity index (χ1v) is 10.6. The highest BCUT2D eigenvalue weighted by molar-refractivity contribution is 5.50. The molecule has 4 heteroatoms. The lowest BCUT2D eigenvalue weighted by Crippen LogP contribution is -2.14. The first-order chi connectivity index (χ1) is 14.0. The Kier molecular flexibility index (Phi) is 7.40. The second-order valence-corrected chi connectivity index (χ2v) is 7.79. The van der Waals surface area contributed by atoms with E-state index in [-0.39, 0.29) is 17.5 Å². The number of allylic oxidation sites excluding steroid dienone is 1. The van der Waals surface area contributed by atoms with Crippen molar-refractivity contribution >= 4 is 6.08 Å². The van der Waals surface area contributed by atoms with E-state index in [1.807, 2.05) is 25.1 Å². The molecule has 1 aliphatic carbocycles. The third-order valence-corrected chi connectivity index (χ3v) is 5.75. The van der Waals surface area contributed by atoms with Crippen molar-refractivity contribution in [2.24, 2.45) is 5.92 Å². The molecule has 0 amide bonds. The number of hydrogen-bond donors (Lipinski definition) is 0. The van der Waals surface area contributed by atoms with E-state index in [0.29, 0.717) is 18.1 Å². The molecule has 0 spiro atoms. The summed E-state index contributed by atoms with van der Waals surface area (Å²) < 4.78 is 47.8. The Bertz CT molecular complexity index is 851. The number of hydrogen-bond acceptors (Lipinski definition) is 1. The molecule has 1 aliphatic rings. The molecule has 1 saturated carbocycles. The summed E-state index contributed by atoms with van der Waals surface area (Å²) in [6.07, 6.45) is 9.21. The van der Waals surface area contributed by atoms with Crippen molar-refractivity contribution in [2.45, 2.75) is 58.3 Å². The summed E-state index contributed by atoms with van der Waals surface area (Å²) in [7, 11) is 0. The Labute approximate surface area is 171 Å². The van der Waals surface area contributed by atoms with Crippen LogP contribution in [0.2, 0.25) is 0 Å². The fourth-order valence-corrected chi connectivity index (χ4v) is 4.14. The van der Waals surface area contributed by atoms with Gasteiger partial charge >= 0.3 is 0 Å². The largest absolute Gasteiger partial charge is 0.491 e. The SMILES string of the molecule is CCCc1ccc(/C=C/C2CCC(c3ccc(OCC)c(F)c3F)CC2)cc1F.